The fourth-order valence-electron chi connectivity index (χ4n) is 3.75. The van der Waals surface area contributed by atoms with Crippen LogP contribution in [-0.4, -0.2) is 27.6 Å². The maximum absolute atomic E-state index is 13.5. The maximum Gasteiger partial charge on any atom is 0.322 e. The predicted molar refractivity (Wildman–Crippen MR) is 123 cm³/mol. The molecule has 0 saturated carbocycles. The standard InChI is InChI=1S/C23H19FN4O2S2/c1-14-19(22-26-21(27-30-22)18-5-3-13-32-18)20(15-6-8-16(24)9-7-15)25-23(29)28(14)11-10-17-4-2-12-31-17/h2-9,12-13,20H,10-11H2,1H3,(H,25,29). The second kappa shape index (κ2) is 8.68. The van der Waals surface area contributed by atoms with Gasteiger partial charge in [-0.25, -0.2) is 9.18 Å². The Morgan fingerprint density at radius 2 is 1.91 bits per heavy atom. The van der Waals surface area contributed by atoms with Gasteiger partial charge in [-0.3, -0.25) is 4.90 Å². The molecule has 1 aliphatic heterocycles. The number of rotatable bonds is 6. The van der Waals surface area contributed by atoms with Crippen molar-refractivity contribution >= 4 is 34.3 Å². The van der Waals surface area contributed by atoms with Crippen molar-refractivity contribution in [3.8, 4) is 10.7 Å². The van der Waals surface area contributed by atoms with E-state index < -0.39 is 6.04 Å². The number of carbonyl (C=O) groups excluding carboxylic acids is 1. The van der Waals surface area contributed by atoms with Crippen LogP contribution >= 0.6 is 22.7 Å². The van der Waals surface area contributed by atoms with E-state index in [0.29, 0.717) is 23.8 Å². The lowest BCUT2D eigenvalue weighted by atomic mass is 9.94. The summed E-state index contributed by atoms with van der Waals surface area (Å²) in [7, 11) is 0. The van der Waals surface area contributed by atoms with Crippen LogP contribution in [0.2, 0.25) is 0 Å². The molecule has 0 bridgehead atoms. The third-order valence-electron chi connectivity index (χ3n) is 5.36. The molecule has 32 heavy (non-hydrogen) atoms. The number of hydrogen-bond acceptors (Lipinski definition) is 6. The monoisotopic (exact) mass is 466 g/mol. The third-order valence-corrected chi connectivity index (χ3v) is 7.16. The van der Waals surface area contributed by atoms with Crippen molar-refractivity contribution < 1.29 is 13.7 Å². The fraction of sp³-hybridized carbons (Fsp3) is 0.174. The van der Waals surface area contributed by atoms with Gasteiger partial charge in [-0.15, -0.1) is 22.7 Å². The first-order valence-electron chi connectivity index (χ1n) is 10.0. The third kappa shape index (κ3) is 3.96. The first-order valence-corrected chi connectivity index (χ1v) is 11.8. The van der Waals surface area contributed by atoms with Crippen LogP contribution in [0.25, 0.3) is 16.3 Å². The van der Waals surface area contributed by atoms with Gasteiger partial charge in [0.15, 0.2) is 0 Å². The van der Waals surface area contributed by atoms with Gasteiger partial charge in [0.2, 0.25) is 5.82 Å². The summed E-state index contributed by atoms with van der Waals surface area (Å²) in [6, 6.07) is 13.2. The normalized spacial score (nSPS) is 16.5. The maximum atomic E-state index is 13.5. The summed E-state index contributed by atoms with van der Waals surface area (Å²) in [6.07, 6.45) is 0.737. The number of amides is 2. The lowest BCUT2D eigenvalue weighted by Crippen LogP contribution is -2.46. The number of thiophene rings is 2. The zero-order chi connectivity index (χ0) is 22.1. The number of nitrogens with zero attached hydrogens (tertiary/aromatic N) is 3. The number of carbonyl (C=O) groups is 1. The van der Waals surface area contributed by atoms with Crippen LogP contribution < -0.4 is 5.32 Å². The first kappa shape index (κ1) is 20.6. The number of nitrogens with one attached hydrogen (secondary N) is 1. The van der Waals surface area contributed by atoms with Crippen molar-refractivity contribution in [3.05, 3.63) is 87.1 Å². The molecule has 4 heterocycles. The number of aromatic nitrogens is 2. The fourth-order valence-corrected chi connectivity index (χ4v) is 5.10. The Labute approximate surface area is 192 Å². The van der Waals surface area contributed by atoms with Gasteiger partial charge in [0.1, 0.15) is 5.82 Å². The molecule has 6 nitrogen and oxygen atoms in total. The van der Waals surface area contributed by atoms with Gasteiger partial charge < -0.3 is 9.84 Å². The van der Waals surface area contributed by atoms with E-state index in [1.165, 1.54) is 28.3 Å². The molecule has 0 radical (unpaired) electrons. The van der Waals surface area contributed by atoms with Gasteiger partial charge in [0.05, 0.1) is 16.5 Å². The van der Waals surface area contributed by atoms with Crippen LogP contribution in [0, 0.1) is 5.82 Å². The second-order valence-electron chi connectivity index (χ2n) is 7.31. The Bertz CT molecular complexity index is 1250. The highest BCUT2D eigenvalue weighted by molar-refractivity contribution is 7.13. The van der Waals surface area contributed by atoms with Gasteiger partial charge in [0, 0.05) is 17.1 Å². The highest BCUT2D eigenvalue weighted by Gasteiger charge is 2.35. The molecule has 162 valence electrons. The highest BCUT2D eigenvalue weighted by Crippen LogP contribution is 2.37. The van der Waals surface area contributed by atoms with Gasteiger partial charge in [-0.1, -0.05) is 29.4 Å². The number of allylic oxidation sites excluding steroid dienone is 1. The highest BCUT2D eigenvalue weighted by atomic mass is 32.1. The Hall–Kier alpha value is -3.30. The molecule has 1 aliphatic rings. The Kier molecular flexibility index (Phi) is 5.59. The molecule has 1 N–H and O–H groups in total. The van der Waals surface area contributed by atoms with E-state index in [9.17, 15) is 9.18 Å². The van der Waals surface area contributed by atoms with E-state index in [1.807, 2.05) is 35.9 Å². The van der Waals surface area contributed by atoms with Crippen LogP contribution in [0.4, 0.5) is 9.18 Å². The minimum atomic E-state index is -0.530. The molecule has 1 atom stereocenters. The van der Waals surface area contributed by atoms with E-state index in [2.05, 4.69) is 21.5 Å². The smallest absolute Gasteiger partial charge is 0.322 e. The van der Waals surface area contributed by atoms with Gasteiger partial charge in [0.25, 0.3) is 5.89 Å². The Balaban J connectivity index is 1.55. The first-order chi connectivity index (χ1) is 15.6. The summed E-state index contributed by atoms with van der Waals surface area (Å²) in [4.78, 5) is 21.4. The molecule has 2 amide bonds. The topological polar surface area (TPSA) is 71.3 Å². The van der Waals surface area contributed by atoms with E-state index in [4.69, 9.17) is 4.52 Å². The lowest BCUT2D eigenvalue weighted by Gasteiger charge is -2.35. The van der Waals surface area contributed by atoms with Gasteiger partial charge >= 0.3 is 6.03 Å². The van der Waals surface area contributed by atoms with Crippen molar-refractivity contribution in [3.63, 3.8) is 0 Å². The van der Waals surface area contributed by atoms with Crippen molar-refractivity contribution in [2.24, 2.45) is 0 Å². The minimum Gasteiger partial charge on any atom is -0.334 e. The molecule has 1 unspecified atom stereocenters. The van der Waals surface area contributed by atoms with Gasteiger partial charge in [-0.05, 0) is 53.9 Å². The number of benzene rings is 1. The number of hydrogen-bond donors (Lipinski definition) is 1. The largest absolute Gasteiger partial charge is 0.334 e. The van der Waals surface area contributed by atoms with Crippen molar-refractivity contribution in [1.82, 2.24) is 20.4 Å². The van der Waals surface area contributed by atoms with Crippen LogP contribution in [0.3, 0.4) is 0 Å². The molecule has 0 aliphatic carbocycles. The molecular weight excluding hydrogens is 447 g/mol. The molecule has 9 heteroatoms. The Morgan fingerprint density at radius 3 is 2.62 bits per heavy atom. The van der Waals surface area contributed by atoms with E-state index in [-0.39, 0.29) is 11.8 Å². The van der Waals surface area contributed by atoms with Crippen LogP contribution in [-0.2, 0) is 6.42 Å². The van der Waals surface area contributed by atoms with Crippen LogP contribution in [0.15, 0.2) is 69.5 Å². The number of urea groups is 1. The van der Waals surface area contributed by atoms with Crippen molar-refractivity contribution in [1.29, 1.82) is 0 Å². The SMILES string of the molecule is CC1=C(c2nc(-c3cccs3)no2)C(c2ccc(F)cc2)NC(=O)N1CCc1cccs1. The van der Waals surface area contributed by atoms with Crippen molar-refractivity contribution in [2.45, 2.75) is 19.4 Å². The minimum absolute atomic E-state index is 0.213. The zero-order valence-electron chi connectivity index (χ0n) is 17.1. The Morgan fingerprint density at radius 1 is 1.12 bits per heavy atom. The summed E-state index contributed by atoms with van der Waals surface area (Å²) in [6.45, 7) is 2.40. The zero-order valence-corrected chi connectivity index (χ0v) is 18.8. The average Bonchev–Trinajstić information content (AvgIpc) is 3.55. The van der Waals surface area contributed by atoms with Crippen molar-refractivity contribution in [2.75, 3.05) is 6.54 Å². The predicted octanol–water partition coefficient (Wildman–Crippen LogP) is 5.74. The molecule has 0 saturated heterocycles. The summed E-state index contributed by atoms with van der Waals surface area (Å²) in [5, 5.41) is 11.2. The summed E-state index contributed by atoms with van der Waals surface area (Å²) in [5.74, 6) is 0.491. The summed E-state index contributed by atoms with van der Waals surface area (Å²) < 4.78 is 19.2. The number of halogens is 1. The molecule has 4 aromatic rings. The van der Waals surface area contributed by atoms with Crippen LogP contribution in [0.5, 0.6) is 0 Å². The average molecular weight is 467 g/mol. The lowest BCUT2D eigenvalue weighted by molar-refractivity contribution is 0.205. The summed E-state index contributed by atoms with van der Waals surface area (Å²) >= 11 is 3.18. The van der Waals surface area contributed by atoms with Gasteiger partial charge in [-0.2, -0.15) is 4.98 Å². The molecule has 5 rings (SSSR count). The van der Waals surface area contributed by atoms with E-state index in [1.54, 1.807) is 28.4 Å². The quantitative estimate of drug-likeness (QED) is 0.393. The van der Waals surface area contributed by atoms with E-state index >= 15 is 0 Å². The molecule has 0 spiro atoms. The molecule has 0 fully saturated rings. The molecule has 1 aromatic carbocycles. The van der Waals surface area contributed by atoms with E-state index in [0.717, 1.165) is 22.6 Å². The summed E-state index contributed by atoms with van der Waals surface area (Å²) in [5.41, 5.74) is 2.18. The van der Waals surface area contributed by atoms with Crippen LogP contribution in [0.1, 0.15) is 29.3 Å². The molecular formula is C23H19FN4O2S2. The molecule has 3 aromatic heterocycles. The second-order valence-corrected chi connectivity index (χ2v) is 9.29.